The van der Waals surface area contributed by atoms with Crippen LogP contribution in [0.1, 0.15) is 13.3 Å². The van der Waals surface area contributed by atoms with Gasteiger partial charge in [-0.3, -0.25) is 4.79 Å². The highest BCUT2D eigenvalue weighted by molar-refractivity contribution is 6.32. The molecule has 1 aromatic heterocycles. The molecule has 19 heavy (non-hydrogen) atoms. The van der Waals surface area contributed by atoms with Gasteiger partial charge in [0.15, 0.2) is 0 Å². The summed E-state index contributed by atoms with van der Waals surface area (Å²) in [4.78, 5) is 11.8. The topological polar surface area (TPSA) is 68.2 Å². The third-order valence-electron chi connectivity index (χ3n) is 2.52. The Hall–Kier alpha value is -1.11. The third kappa shape index (κ3) is 5.18. The molecule has 1 aromatic rings. The van der Waals surface area contributed by atoms with Crippen LogP contribution in [0.25, 0.3) is 0 Å². The molecule has 6 nitrogen and oxygen atoms in total. The molecule has 0 spiro atoms. The fraction of sp³-hybridized carbons (Fsp3) is 0.667. The highest BCUT2D eigenvalue weighted by atomic mass is 35.5. The fourth-order valence-corrected chi connectivity index (χ4v) is 1.76. The first-order valence-electron chi connectivity index (χ1n) is 6.39. The first kappa shape index (κ1) is 15.9. The van der Waals surface area contributed by atoms with E-state index in [9.17, 15) is 4.79 Å². The number of halogens is 1. The second-order valence-corrected chi connectivity index (χ2v) is 4.45. The van der Waals surface area contributed by atoms with Crippen molar-refractivity contribution in [3.63, 3.8) is 0 Å². The van der Waals surface area contributed by atoms with Gasteiger partial charge in [0.1, 0.15) is 5.02 Å². The second-order valence-electron chi connectivity index (χ2n) is 4.07. The third-order valence-corrected chi connectivity index (χ3v) is 2.89. The summed E-state index contributed by atoms with van der Waals surface area (Å²) < 4.78 is 6.30. The van der Waals surface area contributed by atoms with Crippen LogP contribution in [0.5, 0.6) is 0 Å². The molecule has 0 aliphatic rings. The fourth-order valence-electron chi connectivity index (χ4n) is 1.54. The zero-order chi connectivity index (χ0) is 14.1. The van der Waals surface area contributed by atoms with E-state index in [1.807, 2.05) is 6.92 Å². The minimum atomic E-state index is -0.249. The maximum absolute atomic E-state index is 11.8. The highest BCUT2D eigenvalue weighted by Crippen LogP contribution is 2.14. The molecule has 2 N–H and O–H groups in total. The van der Waals surface area contributed by atoms with Gasteiger partial charge in [0.2, 0.25) is 0 Å². The van der Waals surface area contributed by atoms with Crippen molar-refractivity contribution in [1.82, 2.24) is 15.1 Å². The van der Waals surface area contributed by atoms with Gasteiger partial charge < -0.3 is 15.4 Å². The molecular formula is C12H21ClN4O2. The lowest BCUT2D eigenvalue weighted by atomic mass is 10.4. The zero-order valence-corrected chi connectivity index (χ0v) is 12.2. The Balaban J connectivity index is 2.46. The minimum absolute atomic E-state index is 0.195. The predicted molar refractivity (Wildman–Crippen MR) is 77.0 cm³/mol. The number of nitrogens with one attached hydrogen (secondary N) is 2. The van der Waals surface area contributed by atoms with Gasteiger partial charge in [0, 0.05) is 33.3 Å². The smallest absolute Gasteiger partial charge is 0.287 e. The van der Waals surface area contributed by atoms with E-state index in [-0.39, 0.29) is 10.6 Å². The van der Waals surface area contributed by atoms with Crippen molar-refractivity contribution in [3.8, 4) is 0 Å². The molecule has 1 rings (SSSR count). The standard InChI is InChI=1S/C12H21ClN4O2/c1-3-7-17-12(18)11(13)10(9-16-17)15-5-4-14-6-8-19-2/h9,14-15H,3-8H2,1-2H3. The van der Waals surface area contributed by atoms with Crippen LogP contribution in [-0.2, 0) is 11.3 Å². The number of aryl methyl sites for hydroxylation is 1. The van der Waals surface area contributed by atoms with Gasteiger partial charge in [0.05, 0.1) is 18.5 Å². The second kappa shape index (κ2) is 8.90. The summed E-state index contributed by atoms with van der Waals surface area (Å²) in [5.41, 5.74) is 0.327. The molecule has 0 aliphatic carbocycles. The molecule has 0 radical (unpaired) electrons. The molecule has 1 heterocycles. The number of hydrogen-bond donors (Lipinski definition) is 2. The molecular weight excluding hydrogens is 268 g/mol. The van der Waals surface area contributed by atoms with Crippen molar-refractivity contribution >= 4 is 17.3 Å². The lowest BCUT2D eigenvalue weighted by Gasteiger charge is -2.10. The molecule has 0 saturated carbocycles. The van der Waals surface area contributed by atoms with Crippen molar-refractivity contribution in [3.05, 3.63) is 21.6 Å². The summed E-state index contributed by atoms with van der Waals surface area (Å²) in [6.07, 6.45) is 2.44. The van der Waals surface area contributed by atoms with Crippen LogP contribution >= 0.6 is 11.6 Å². The summed E-state index contributed by atoms with van der Waals surface area (Å²) in [7, 11) is 1.66. The summed E-state index contributed by atoms with van der Waals surface area (Å²) >= 11 is 6.02. The largest absolute Gasteiger partial charge is 0.383 e. The number of ether oxygens (including phenoxy) is 1. The Morgan fingerprint density at radius 3 is 2.89 bits per heavy atom. The number of nitrogens with zero attached hydrogens (tertiary/aromatic N) is 2. The Labute approximate surface area is 118 Å². The van der Waals surface area contributed by atoms with Crippen LogP contribution in [0.2, 0.25) is 5.02 Å². The van der Waals surface area contributed by atoms with Gasteiger partial charge in [-0.05, 0) is 6.42 Å². The van der Waals surface area contributed by atoms with E-state index in [4.69, 9.17) is 16.3 Å². The first-order chi connectivity index (χ1) is 9.20. The summed E-state index contributed by atoms with van der Waals surface area (Å²) in [6.45, 7) is 5.47. The van der Waals surface area contributed by atoms with Crippen LogP contribution in [-0.4, -0.2) is 43.1 Å². The molecule has 0 amide bonds. The molecule has 0 aromatic carbocycles. The van der Waals surface area contributed by atoms with E-state index in [1.165, 1.54) is 4.68 Å². The van der Waals surface area contributed by atoms with Crippen LogP contribution in [0.15, 0.2) is 11.0 Å². The Morgan fingerprint density at radius 1 is 1.42 bits per heavy atom. The van der Waals surface area contributed by atoms with Gasteiger partial charge in [-0.25, -0.2) is 4.68 Å². The van der Waals surface area contributed by atoms with Gasteiger partial charge in [-0.1, -0.05) is 18.5 Å². The summed E-state index contributed by atoms with van der Waals surface area (Å²) in [5, 5.41) is 10.5. The van der Waals surface area contributed by atoms with Crippen molar-refractivity contribution in [2.24, 2.45) is 0 Å². The molecule has 0 saturated heterocycles. The Morgan fingerprint density at radius 2 is 2.21 bits per heavy atom. The van der Waals surface area contributed by atoms with Crippen molar-refractivity contribution in [1.29, 1.82) is 0 Å². The normalized spacial score (nSPS) is 10.7. The molecule has 0 bridgehead atoms. The number of hydrogen-bond acceptors (Lipinski definition) is 5. The van der Waals surface area contributed by atoms with Gasteiger partial charge in [-0.2, -0.15) is 5.10 Å². The van der Waals surface area contributed by atoms with E-state index < -0.39 is 0 Å². The predicted octanol–water partition coefficient (Wildman–Crippen LogP) is 0.955. The van der Waals surface area contributed by atoms with Crippen molar-refractivity contribution in [2.45, 2.75) is 19.9 Å². The highest BCUT2D eigenvalue weighted by Gasteiger charge is 2.07. The van der Waals surface area contributed by atoms with E-state index in [0.29, 0.717) is 25.4 Å². The first-order valence-corrected chi connectivity index (χ1v) is 6.77. The minimum Gasteiger partial charge on any atom is -0.383 e. The number of aromatic nitrogens is 2. The molecule has 0 unspecified atom stereocenters. The summed E-state index contributed by atoms with van der Waals surface area (Å²) in [5.74, 6) is 0. The molecule has 108 valence electrons. The monoisotopic (exact) mass is 288 g/mol. The van der Waals surface area contributed by atoms with Gasteiger partial charge >= 0.3 is 0 Å². The lowest BCUT2D eigenvalue weighted by molar-refractivity contribution is 0.200. The lowest BCUT2D eigenvalue weighted by Crippen LogP contribution is -2.27. The average Bonchev–Trinajstić information content (AvgIpc) is 2.41. The Bertz CT molecular complexity index is 436. The molecule has 0 fully saturated rings. The zero-order valence-electron chi connectivity index (χ0n) is 11.4. The van der Waals surface area contributed by atoms with E-state index in [1.54, 1.807) is 13.3 Å². The maximum Gasteiger partial charge on any atom is 0.287 e. The van der Waals surface area contributed by atoms with Crippen LogP contribution in [0.3, 0.4) is 0 Å². The van der Waals surface area contributed by atoms with E-state index in [2.05, 4.69) is 15.7 Å². The molecule has 0 atom stereocenters. The number of anilines is 1. The maximum atomic E-state index is 11.8. The molecule has 7 heteroatoms. The summed E-state index contributed by atoms with van der Waals surface area (Å²) in [6, 6.07) is 0. The average molecular weight is 289 g/mol. The van der Waals surface area contributed by atoms with Gasteiger partial charge in [0.25, 0.3) is 5.56 Å². The molecule has 0 aliphatic heterocycles. The van der Waals surface area contributed by atoms with E-state index >= 15 is 0 Å². The quantitative estimate of drug-likeness (QED) is 0.662. The van der Waals surface area contributed by atoms with Crippen LogP contribution in [0, 0.1) is 0 Å². The van der Waals surface area contributed by atoms with E-state index in [0.717, 1.165) is 19.5 Å². The number of rotatable bonds is 9. The van der Waals surface area contributed by atoms with Crippen LogP contribution in [0.4, 0.5) is 5.69 Å². The van der Waals surface area contributed by atoms with Crippen molar-refractivity contribution < 1.29 is 4.74 Å². The Kier molecular flexibility index (Phi) is 7.47. The SMILES string of the molecule is CCCn1ncc(NCCNCCOC)c(Cl)c1=O. The van der Waals surface area contributed by atoms with Crippen LogP contribution < -0.4 is 16.2 Å². The number of methoxy groups -OCH3 is 1. The van der Waals surface area contributed by atoms with Crippen molar-refractivity contribution in [2.75, 3.05) is 38.7 Å². The van der Waals surface area contributed by atoms with Gasteiger partial charge in [-0.15, -0.1) is 0 Å².